The van der Waals surface area contributed by atoms with Gasteiger partial charge in [0.05, 0.1) is 18.1 Å². The molecule has 3 N–H and O–H groups in total. The van der Waals surface area contributed by atoms with Gasteiger partial charge in [-0.05, 0) is 20.3 Å². The standard InChI is InChI=1S/C10H16N4O3.Cu/c1-5(11)9(15)14-8(10(16)17)3-7-6(2)12-4-13-7;/h4-5,8H,3,11H2,1-2H3,(H3,12,13,14,15,16,17);/q;+2/p-2. The summed E-state index contributed by atoms with van der Waals surface area (Å²) in [7, 11) is 0. The topological polar surface area (TPSA) is 122 Å². The molecule has 0 saturated heterocycles. The Morgan fingerprint density at radius 3 is 2.61 bits per heavy atom. The van der Waals surface area contributed by atoms with Crippen molar-refractivity contribution in [2.24, 2.45) is 5.73 Å². The number of hydrogen-bond acceptors (Lipinski definition) is 5. The number of nitrogens with one attached hydrogen (secondary N) is 1. The van der Waals surface area contributed by atoms with Crippen LogP contribution in [-0.4, -0.2) is 28.9 Å². The van der Waals surface area contributed by atoms with Gasteiger partial charge in [0, 0.05) is 0 Å². The number of carbonyl (C=O) groups is 2. The van der Waals surface area contributed by atoms with Gasteiger partial charge in [-0.3, -0.25) is 4.79 Å². The molecule has 1 aromatic rings. The van der Waals surface area contributed by atoms with Crippen molar-refractivity contribution in [1.29, 1.82) is 0 Å². The molecule has 0 fully saturated rings. The molecule has 1 rings (SSSR count). The van der Waals surface area contributed by atoms with Gasteiger partial charge in [0.2, 0.25) is 5.91 Å². The number of carbonyl (C=O) groups excluding carboxylic acids is 2. The zero-order valence-corrected chi connectivity index (χ0v) is 10.9. The summed E-state index contributed by atoms with van der Waals surface area (Å²) in [6.07, 6.45) is 1.37. The van der Waals surface area contributed by atoms with E-state index in [2.05, 4.69) is 15.3 Å². The zero-order chi connectivity index (χ0) is 13.0. The smallest absolute Gasteiger partial charge is 0.548 e. The number of aryl methyl sites for hydroxylation is 1. The van der Waals surface area contributed by atoms with Crippen LogP contribution in [0.25, 0.3) is 0 Å². The summed E-state index contributed by atoms with van der Waals surface area (Å²) in [5.41, 5.74) is 6.48. The second kappa shape index (κ2) is 7.15. The van der Waals surface area contributed by atoms with Crippen molar-refractivity contribution in [3.8, 4) is 0 Å². The van der Waals surface area contributed by atoms with Gasteiger partial charge < -0.3 is 30.9 Å². The maximum Gasteiger partial charge on any atom is 2.00 e. The van der Waals surface area contributed by atoms with Gasteiger partial charge in [0.25, 0.3) is 0 Å². The summed E-state index contributed by atoms with van der Waals surface area (Å²) in [5.74, 6) is -1.92. The molecule has 18 heavy (non-hydrogen) atoms. The van der Waals surface area contributed by atoms with Gasteiger partial charge in [-0.1, -0.05) is 17.7 Å². The molecule has 0 bridgehead atoms. The van der Waals surface area contributed by atoms with Crippen molar-refractivity contribution in [2.45, 2.75) is 32.4 Å². The maximum atomic E-state index is 11.3. The van der Waals surface area contributed by atoms with Crippen LogP contribution in [0.4, 0.5) is 0 Å². The van der Waals surface area contributed by atoms with E-state index >= 15 is 0 Å². The number of imidazole rings is 1. The average Bonchev–Trinajstić information content (AvgIpc) is 2.62. The number of nitrogens with zero attached hydrogens (tertiary/aromatic N) is 2. The molecule has 1 radical (unpaired) electrons. The van der Waals surface area contributed by atoms with Crippen molar-refractivity contribution in [1.82, 2.24) is 15.3 Å². The first kappa shape index (κ1) is 16.6. The average molecular weight is 302 g/mol. The van der Waals surface area contributed by atoms with E-state index in [1.54, 1.807) is 6.92 Å². The number of hydrogen-bond donors (Lipinski definition) is 2. The summed E-state index contributed by atoms with van der Waals surface area (Å²) >= 11 is 0. The summed E-state index contributed by atoms with van der Waals surface area (Å²) in [5, 5.41) is 13.2. The largest absolute Gasteiger partial charge is 2.00 e. The van der Waals surface area contributed by atoms with Crippen molar-refractivity contribution in [2.75, 3.05) is 0 Å². The Hall–Kier alpha value is -1.37. The van der Waals surface area contributed by atoms with E-state index in [9.17, 15) is 14.7 Å². The number of amides is 1. The van der Waals surface area contributed by atoms with Crippen LogP contribution in [0.5, 0.6) is 0 Å². The third-order valence-electron chi connectivity index (χ3n) is 2.29. The van der Waals surface area contributed by atoms with Crippen LogP contribution in [-0.2, 0) is 33.1 Å². The molecule has 0 spiro atoms. The van der Waals surface area contributed by atoms with E-state index in [1.807, 2.05) is 0 Å². The van der Waals surface area contributed by atoms with Crippen molar-refractivity contribution in [3.05, 3.63) is 17.7 Å². The van der Waals surface area contributed by atoms with E-state index in [-0.39, 0.29) is 23.5 Å². The molecule has 103 valence electrons. The Kier molecular flexibility index (Phi) is 6.61. The summed E-state index contributed by atoms with van der Waals surface area (Å²) in [6, 6.07) is -1.92. The fourth-order valence-electron chi connectivity index (χ4n) is 1.24. The van der Waals surface area contributed by atoms with Gasteiger partial charge in [-0.25, -0.2) is 0 Å². The number of aliphatic carboxylic acids is 1. The van der Waals surface area contributed by atoms with Crippen LogP contribution in [0.2, 0.25) is 0 Å². The Morgan fingerprint density at radius 2 is 2.22 bits per heavy atom. The van der Waals surface area contributed by atoms with Crippen LogP contribution in [0.15, 0.2) is 6.33 Å². The Balaban J connectivity index is 0.00000289. The first-order valence-electron chi connectivity index (χ1n) is 5.11. The van der Waals surface area contributed by atoms with E-state index in [0.717, 1.165) is 0 Å². The maximum absolute atomic E-state index is 11.3. The molecular formula is C10H14CuN4O3. The molecule has 0 aromatic carbocycles. The Labute approximate surface area is 115 Å². The van der Waals surface area contributed by atoms with Crippen LogP contribution in [0.1, 0.15) is 18.3 Å². The van der Waals surface area contributed by atoms with Crippen LogP contribution in [0.3, 0.4) is 0 Å². The van der Waals surface area contributed by atoms with Gasteiger partial charge in [0.1, 0.15) is 0 Å². The fourth-order valence-corrected chi connectivity index (χ4v) is 1.24. The molecular weight excluding hydrogens is 288 g/mol. The van der Waals surface area contributed by atoms with Crippen molar-refractivity contribution < 1.29 is 31.8 Å². The van der Waals surface area contributed by atoms with Gasteiger partial charge in [-0.2, -0.15) is 0 Å². The Morgan fingerprint density at radius 1 is 1.61 bits per heavy atom. The van der Waals surface area contributed by atoms with E-state index in [4.69, 9.17) is 5.73 Å². The zero-order valence-electron chi connectivity index (χ0n) is 9.94. The Bertz CT molecular complexity index is 419. The molecule has 1 amide bonds. The number of nitrogens with two attached hydrogens (primary N) is 1. The number of aromatic nitrogens is 2. The third-order valence-corrected chi connectivity index (χ3v) is 2.29. The SMILES string of the molecule is Cc1nc[n-]c1CC(NC(=O)C(C)N)C(=O)[O-].[Cu+2]. The normalized spacial score (nSPS) is 13.3. The second-order valence-electron chi connectivity index (χ2n) is 3.78. The summed E-state index contributed by atoms with van der Waals surface area (Å²) in [4.78, 5) is 30.0. The van der Waals surface area contributed by atoms with Crippen LogP contribution < -0.4 is 21.1 Å². The predicted molar refractivity (Wildman–Crippen MR) is 56.6 cm³/mol. The fraction of sp³-hybridized carbons (Fsp3) is 0.500. The van der Waals surface area contributed by atoms with Gasteiger partial charge in [-0.15, -0.1) is 0 Å². The number of rotatable bonds is 5. The van der Waals surface area contributed by atoms with E-state index in [1.165, 1.54) is 13.3 Å². The van der Waals surface area contributed by atoms with Crippen molar-refractivity contribution in [3.63, 3.8) is 0 Å². The molecule has 2 atom stereocenters. The molecule has 8 heteroatoms. The summed E-state index contributed by atoms with van der Waals surface area (Å²) < 4.78 is 0. The molecule has 0 aliphatic rings. The molecule has 0 aliphatic heterocycles. The van der Waals surface area contributed by atoms with Crippen LogP contribution in [0, 0.1) is 6.92 Å². The second-order valence-corrected chi connectivity index (χ2v) is 3.78. The molecule has 0 aliphatic carbocycles. The molecule has 7 nitrogen and oxygen atoms in total. The minimum atomic E-state index is -1.37. The summed E-state index contributed by atoms with van der Waals surface area (Å²) in [6.45, 7) is 3.18. The predicted octanol–water partition coefficient (Wildman–Crippen LogP) is -2.53. The van der Waals surface area contributed by atoms with Gasteiger partial charge in [0.15, 0.2) is 0 Å². The molecule has 2 unspecified atom stereocenters. The van der Waals surface area contributed by atoms with E-state index in [0.29, 0.717) is 11.4 Å². The minimum Gasteiger partial charge on any atom is -0.548 e. The van der Waals surface area contributed by atoms with Crippen molar-refractivity contribution >= 4 is 11.9 Å². The number of carboxylic acids is 1. The first-order valence-corrected chi connectivity index (χ1v) is 5.11. The first-order chi connectivity index (χ1) is 7.91. The molecule has 1 heterocycles. The monoisotopic (exact) mass is 301 g/mol. The number of carboxylic acid groups (broad SMARTS) is 1. The van der Waals surface area contributed by atoms with Crippen LogP contribution >= 0.6 is 0 Å². The molecule has 0 saturated carbocycles. The minimum absolute atomic E-state index is 0. The molecule has 1 aromatic heterocycles. The van der Waals surface area contributed by atoms with Gasteiger partial charge >= 0.3 is 17.1 Å². The van der Waals surface area contributed by atoms with E-state index < -0.39 is 24.0 Å². The quantitative estimate of drug-likeness (QED) is 0.578. The third kappa shape index (κ3) is 4.48.